The maximum absolute atomic E-state index is 12.0. The van der Waals surface area contributed by atoms with Crippen LogP contribution in [0.3, 0.4) is 0 Å². The van der Waals surface area contributed by atoms with Crippen molar-refractivity contribution >= 4 is 51.4 Å². The highest BCUT2D eigenvalue weighted by Crippen LogP contribution is 2.26. The number of rotatable bonds is 4. The van der Waals surface area contributed by atoms with E-state index in [1.807, 2.05) is 18.2 Å². The predicted octanol–water partition coefficient (Wildman–Crippen LogP) is 4.13. The molecule has 8 heteroatoms. The van der Waals surface area contributed by atoms with Crippen LogP contribution >= 0.6 is 23.4 Å². The molecule has 1 fully saturated rings. The molecule has 0 spiro atoms. The summed E-state index contributed by atoms with van der Waals surface area (Å²) in [7, 11) is 0. The smallest absolute Gasteiger partial charge is 0.316 e. The minimum atomic E-state index is -0.218. The van der Waals surface area contributed by atoms with E-state index in [4.69, 9.17) is 16.3 Å². The number of aromatic amines is 1. The van der Waals surface area contributed by atoms with E-state index in [1.54, 1.807) is 0 Å². The van der Waals surface area contributed by atoms with E-state index in [-0.39, 0.29) is 17.8 Å². The fourth-order valence-corrected chi connectivity index (χ4v) is 3.86. The Hall–Kier alpha value is -1.86. The average Bonchev–Trinajstić information content (AvgIpc) is 2.98. The third-order valence-corrected chi connectivity index (χ3v) is 5.37. The first kappa shape index (κ1) is 16.6. The normalized spacial score (nSPS) is 15.7. The monoisotopic (exact) mass is 376 g/mol. The number of carbonyl (C=O) groups is 1. The van der Waals surface area contributed by atoms with Gasteiger partial charge in [0, 0.05) is 15.9 Å². The van der Waals surface area contributed by atoms with Crippen molar-refractivity contribution in [2.24, 2.45) is 0 Å². The van der Waals surface area contributed by atoms with Crippen LogP contribution in [-0.4, -0.2) is 38.0 Å². The van der Waals surface area contributed by atoms with Gasteiger partial charge in [0.05, 0.1) is 5.75 Å². The second-order valence-corrected chi connectivity index (χ2v) is 7.52. The Bertz CT molecular complexity index is 924. The van der Waals surface area contributed by atoms with Crippen LogP contribution < -0.4 is 0 Å². The van der Waals surface area contributed by atoms with Crippen LogP contribution in [-0.2, 0) is 9.53 Å². The van der Waals surface area contributed by atoms with Gasteiger partial charge in [0.1, 0.15) is 11.6 Å². The molecule has 4 rings (SSSR count). The lowest BCUT2D eigenvalue weighted by Gasteiger charge is -2.21. The summed E-state index contributed by atoms with van der Waals surface area (Å²) in [4.78, 5) is 19.6. The van der Waals surface area contributed by atoms with Crippen LogP contribution in [0.2, 0.25) is 5.02 Å². The summed E-state index contributed by atoms with van der Waals surface area (Å²) < 4.78 is 5.50. The molecular weight excluding hydrogens is 360 g/mol. The molecule has 0 bridgehead atoms. The number of hydrogen-bond donors (Lipinski definition) is 1. The van der Waals surface area contributed by atoms with Crippen molar-refractivity contribution in [3.05, 3.63) is 23.2 Å². The van der Waals surface area contributed by atoms with Gasteiger partial charge in [0.15, 0.2) is 5.65 Å². The van der Waals surface area contributed by atoms with Crippen LogP contribution in [0.4, 0.5) is 0 Å². The second-order valence-electron chi connectivity index (χ2n) is 6.15. The molecule has 25 heavy (non-hydrogen) atoms. The zero-order valence-corrected chi connectivity index (χ0v) is 15.1. The number of ether oxygens (including phenoxy) is 1. The molecule has 0 aliphatic heterocycles. The van der Waals surface area contributed by atoms with Crippen molar-refractivity contribution in [1.82, 2.24) is 20.2 Å². The fraction of sp³-hybridized carbons (Fsp3) is 0.412. The van der Waals surface area contributed by atoms with Gasteiger partial charge in [-0.2, -0.15) is 0 Å². The van der Waals surface area contributed by atoms with Gasteiger partial charge in [-0.3, -0.25) is 4.79 Å². The van der Waals surface area contributed by atoms with Gasteiger partial charge in [-0.1, -0.05) is 29.8 Å². The molecule has 2 aromatic heterocycles. The van der Waals surface area contributed by atoms with Gasteiger partial charge in [0.25, 0.3) is 0 Å². The minimum Gasteiger partial charge on any atom is -0.462 e. The van der Waals surface area contributed by atoms with E-state index in [9.17, 15) is 4.79 Å². The average molecular weight is 377 g/mol. The lowest BCUT2D eigenvalue weighted by Crippen LogP contribution is -2.22. The number of thioether (sulfide) groups is 1. The second kappa shape index (κ2) is 7.17. The van der Waals surface area contributed by atoms with Gasteiger partial charge < -0.3 is 9.72 Å². The van der Waals surface area contributed by atoms with Gasteiger partial charge in [-0.25, -0.2) is 4.98 Å². The molecule has 0 saturated heterocycles. The van der Waals surface area contributed by atoms with E-state index in [0.717, 1.165) is 36.6 Å². The Morgan fingerprint density at radius 3 is 2.96 bits per heavy atom. The quantitative estimate of drug-likeness (QED) is 0.544. The zero-order chi connectivity index (χ0) is 17.2. The van der Waals surface area contributed by atoms with Crippen LogP contribution in [0.25, 0.3) is 22.1 Å². The third kappa shape index (κ3) is 3.72. The van der Waals surface area contributed by atoms with E-state index in [0.29, 0.717) is 21.3 Å². The molecule has 6 nitrogen and oxygen atoms in total. The molecule has 1 aromatic carbocycles. The first-order valence-electron chi connectivity index (χ1n) is 8.33. The first-order chi connectivity index (χ1) is 12.2. The molecule has 2 heterocycles. The number of carbonyl (C=O) groups excluding carboxylic acids is 1. The number of esters is 1. The van der Waals surface area contributed by atoms with Gasteiger partial charge in [-0.05, 0) is 43.9 Å². The highest BCUT2D eigenvalue weighted by Gasteiger charge is 2.18. The molecular formula is C17H17ClN4O2S. The number of nitrogens with one attached hydrogen (secondary N) is 1. The van der Waals surface area contributed by atoms with Crippen molar-refractivity contribution in [3.8, 4) is 0 Å². The molecule has 130 valence electrons. The lowest BCUT2D eigenvalue weighted by molar-refractivity contribution is -0.147. The summed E-state index contributed by atoms with van der Waals surface area (Å²) in [6.07, 6.45) is 5.52. The summed E-state index contributed by atoms with van der Waals surface area (Å²) in [5.41, 5.74) is 2.21. The number of hydrogen-bond acceptors (Lipinski definition) is 6. The maximum atomic E-state index is 12.0. The third-order valence-electron chi connectivity index (χ3n) is 4.33. The standard InChI is InChI=1S/C17H17ClN4O2S/c18-10-6-7-13-12(8-10)15-16(19-13)20-17(22-21-15)25-9-14(23)24-11-4-2-1-3-5-11/h6-8,11H,1-5,9H2,(H,19,20,22). The van der Waals surface area contributed by atoms with E-state index < -0.39 is 0 Å². The SMILES string of the molecule is O=C(CSc1nnc2c(n1)[nH]c1ccc(Cl)cc12)OC1CCCCC1. The van der Waals surface area contributed by atoms with Crippen LogP contribution in [0.1, 0.15) is 32.1 Å². The van der Waals surface area contributed by atoms with Crippen molar-refractivity contribution in [2.75, 3.05) is 5.75 Å². The van der Waals surface area contributed by atoms with Gasteiger partial charge >= 0.3 is 5.97 Å². The summed E-state index contributed by atoms with van der Waals surface area (Å²) in [5.74, 6) is -0.0283. The Morgan fingerprint density at radius 1 is 1.28 bits per heavy atom. The Balaban J connectivity index is 1.44. The Kier molecular flexibility index (Phi) is 4.76. The van der Waals surface area contributed by atoms with Gasteiger partial charge in [-0.15, -0.1) is 10.2 Å². The zero-order valence-electron chi connectivity index (χ0n) is 13.5. The molecule has 0 amide bonds. The number of aromatic nitrogens is 4. The summed E-state index contributed by atoms with van der Waals surface area (Å²) >= 11 is 7.27. The molecule has 0 unspecified atom stereocenters. The van der Waals surface area contributed by atoms with Crippen molar-refractivity contribution in [3.63, 3.8) is 0 Å². The molecule has 1 aliphatic carbocycles. The van der Waals surface area contributed by atoms with Crippen LogP contribution in [0.5, 0.6) is 0 Å². The van der Waals surface area contributed by atoms with E-state index in [2.05, 4.69) is 20.2 Å². The van der Waals surface area contributed by atoms with Crippen molar-refractivity contribution in [1.29, 1.82) is 0 Å². The van der Waals surface area contributed by atoms with E-state index >= 15 is 0 Å². The first-order valence-corrected chi connectivity index (χ1v) is 9.69. The number of fused-ring (bicyclic) bond motifs is 3. The molecule has 3 aromatic rings. The lowest BCUT2D eigenvalue weighted by atomic mass is 9.98. The summed E-state index contributed by atoms with van der Waals surface area (Å²) in [6, 6.07) is 5.53. The Labute approximate surface area is 153 Å². The minimum absolute atomic E-state index is 0.0711. The molecule has 0 atom stereocenters. The predicted molar refractivity (Wildman–Crippen MR) is 97.9 cm³/mol. The number of benzene rings is 1. The highest BCUT2D eigenvalue weighted by atomic mass is 35.5. The Morgan fingerprint density at radius 2 is 2.12 bits per heavy atom. The topological polar surface area (TPSA) is 80.8 Å². The molecule has 1 saturated carbocycles. The molecule has 0 radical (unpaired) electrons. The maximum Gasteiger partial charge on any atom is 0.316 e. The van der Waals surface area contributed by atoms with Crippen molar-refractivity contribution in [2.45, 2.75) is 43.4 Å². The number of nitrogens with zero attached hydrogens (tertiary/aromatic N) is 3. The highest BCUT2D eigenvalue weighted by molar-refractivity contribution is 7.99. The molecule has 1 aliphatic rings. The summed E-state index contributed by atoms with van der Waals surface area (Å²) in [6.45, 7) is 0. The largest absolute Gasteiger partial charge is 0.462 e. The van der Waals surface area contributed by atoms with E-state index in [1.165, 1.54) is 18.2 Å². The fourth-order valence-electron chi connectivity index (χ4n) is 3.12. The molecule has 1 N–H and O–H groups in total. The number of halogens is 1. The van der Waals surface area contributed by atoms with Crippen LogP contribution in [0.15, 0.2) is 23.4 Å². The van der Waals surface area contributed by atoms with Crippen LogP contribution in [0, 0.1) is 0 Å². The number of H-pyrrole nitrogens is 1. The summed E-state index contributed by atoms with van der Waals surface area (Å²) in [5, 5.41) is 10.3. The van der Waals surface area contributed by atoms with Gasteiger partial charge in [0.2, 0.25) is 5.16 Å². The van der Waals surface area contributed by atoms with Crippen molar-refractivity contribution < 1.29 is 9.53 Å².